The summed E-state index contributed by atoms with van der Waals surface area (Å²) in [7, 11) is 0. The molecule has 0 aliphatic heterocycles. The van der Waals surface area contributed by atoms with Crippen LogP contribution < -0.4 is 5.32 Å². The van der Waals surface area contributed by atoms with Crippen molar-refractivity contribution in [3.8, 4) is 0 Å². The molecule has 0 aliphatic rings. The third kappa shape index (κ3) is 5.10. The number of thiophene rings is 1. The van der Waals surface area contributed by atoms with Crippen LogP contribution >= 0.6 is 11.3 Å². The molecule has 0 aliphatic carbocycles. The van der Waals surface area contributed by atoms with Gasteiger partial charge in [0.05, 0.1) is 12.1 Å². The number of carbonyl (C=O) groups is 2. The van der Waals surface area contributed by atoms with Gasteiger partial charge in [-0.3, -0.25) is 4.79 Å². The number of rotatable bonds is 8. The Bertz CT molecular complexity index is 930. The van der Waals surface area contributed by atoms with Gasteiger partial charge in [-0.25, -0.2) is 4.79 Å². The van der Waals surface area contributed by atoms with Gasteiger partial charge in [-0.15, -0.1) is 11.3 Å². The lowest BCUT2D eigenvalue weighted by Crippen LogP contribution is -2.30. The minimum Gasteiger partial charge on any atom is -0.452 e. The first kappa shape index (κ1) is 19.9. The van der Waals surface area contributed by atoms with E-state index in [9.17, 15) is 9.59 Å². The van der Waals surface area contributed by atoms with E-state index in [2.05, 4.69) is 16.0 Å². The van der Waals surface area contributed by atoms with Crippen LogP contribution in [0, 0.1) is 13.8 Å². The molecule has 0 radical (unpaired) electrons. The minimum atomic E-state index is -0.469. The maximum absolute atomic E-state index is 12.4. The highest BCUT2D eigenvalue weighted by molar-refractivity contribution is 7.09. The van der Waals surface area contributed by atoms with Crippen molar-refractivity contribution in [3.05, 3.63) is 81.3 Å². The van der Waals surface area contributed by atoms with Gasteiger partial charge in [0.15, 0.2) is 6.61 Å². The van der Waals surface area contributed by atoms with E-state index in [-0.39, 0.29) is 12.5 Å². The smallest absolute Gasteiger partial charge is 0.340 e. The van der Waals surface area contributed by atoms with E-state index < -0.39 is 5.97 Å². The molecule has 5 nitrogen and oxygen atoms in total. The van der Waals surface area contributed by atoms with Crippen LogP contribution in [0.4, 0.5) is 0 Å². The number of ether oxygens (including phenoxy) is 1. The molecule has 2 aromatic heterocycles. The number of esters is 1. The van der Waals surface area contributed by atoms with Gasteiger partial charge < -0.3 is 14.6 Å². The highest BCUT2D eigenvalue weighted by Gasteiger charge is 2.18. The fourth-order valence-corrected chi connectivity index (χ4v) is 3.75. The van der Waals surface area contributed by atoms with Gasteiger partial charge in [-0.05, 0) is 43.3 Å². The summed E-state index contributed by atoms with van der Waals surface area (Å²) >= 11 is 1.68. The van der Waals surface area contributed by atoms with Crippen LogP contribution in [0.5, 0.6) is 0 Å². The number of hydrogen-bond acceptors (Lipinski definition) is 4. The monoisotopic (exact) mass is 396 g/mol. The molecule has 1 aromatic carbocycles. The number of amides is 1. The molecule has 1 amide bonds. The molecule has 6 heteroatoms. The lowest BCUT2D eigenvalue weighted by molar-refractivity contribution is -0.124. The van der Waals surface area contributed by atoms with Crippen LogP contribution in [0.2, 0.25) is 0 Å². The Hall–Kier alpha value is -2.86. The molecule has 3 aromatic rings. The number of aryl methyl sites for hydroxylation is 1. The summed E-state index contributed by atoms with van der Waals surface area (Å²) in [5, 5.41) is 4.82. The van der Waals surface area contributed by atoms with Crippen molar-refractivity contribution < 1.29 is 14.3 Å². The third-order valence-electron chi connectivity index (χ3n) is 4.60. The second-order valence-electron chi connectivity index (χ2n) is 6.61. The second kappa shape index (κ2) is 9.37. The molecule has 0 fully saturated rings. The number of aromatic nitrogens is 1. The Balaban J connectivity index is 1.50. The summed E-state index contributed by atoms with van der Waals surface area (Å²) in [6.45, 7) is 4.82. The van der Waals surface area contributed by atoms with Gasteiger partial charge in [-0.2, -0.15) is 0 Å². The maximum Gasteiger partial charge on any atom is 0.340 e. The van der Waals surface area contributed by atoms with Gasteiger partial charge in [0.2, 0.25) is 0 Å². The SMILES string of the molecule is Cc1cc(C(=O)OCC(=O)NCCc2ccccc2)c(C)n1Cc1cccs1. The summed E-state index contributed by atoms with van der Waals surface area (Å²) in [6, 6.07) is 15.8. The van der Waals surface area contributed by atoms with Crippen molar-refractivity contribution in [2.45, 2.75) is 26.8 Å². The normalized spacial score (nSPS) is 10.6. The average molecular weight is 397 g/mol. The lowest BCUT2D eigenvalue weighted by Gasteiger charge is -2.09. The summed E-state index contributed by atoms with van der Waals surface area (Å²) < 4.78 is 7.30. The molecule has 0 spiro atoms. The van der Waals surface area contributed by atoms with Crippen LogP contribution in [0.1, 0.15) is 32.2 Å². The molecule has 1 N–H and O–H groups in total. The fourth-order valence-electron chi connectivity index (χ4n) is 3.06. The number of nitrogens with one attached hydrogen (secondary N) is 1. The Morgan fingerprint density at radius 2 is 1.89 bits per heavy atom. The molecule has 0 bridgehead atoms. The van der Waals surface area contributed by atoms with Gasteiger partial charge >= 0.3 is 5.97 Å². The Kier molecular flexibility index (Phi) is 6.66. The quantitative estimate of drug-likeness (QED) is 0.590. The van der Waals surface area contributed by atoms with E-state index in [1.807, 2.05) is 61.7 Å². The van der Waals surface area contributed by atoms with E-state index in [1.54, 1.807) is 11.3 Å². The first-order valence-corrected chi connectivity index (χ1v) is 10.1. The molecule has 0 unspecified atom stereocenters. The van der Waals surface area contributed by atoms with E-state index in [0.717, 1.165) is 29.9 Å². The topological polar surface area (TPSA) is 60.3 Å². The molecule has 3 rings (SSSR count). The van der Waals surface area contributed by atoms with Crippen molar-refractivity contribution in [3.63, 3.8) is 0 Å². The number of benzene rings is 1. The molecule has 0 saturated heterocycles. The second-order valence-corrected chi connectivity index (χ2v) is 7.64. The van der Waals surface area contributed by atoms with Crippen LogP contribution in [0.15, 0.2) is 53.9 Å². The zero-order valence-electron chi connectivity index (χ0n) is 16.1. The molecule has 146 valence electrons. The zero-order valence-corrected chi connectivity index (χ0v) is 16.9. The predicted molar refractivity (Wildman–Crippen MR) is 111 cm³/mol. The van der Waals surface area contributed by atoms with E-state index >= 15 is 0 Å². The number of nitrogens with zero attached hydrogens (tertiary/aromatic N) is 1. The molecular formula is C22H24N2O3S. The Labute approximate surface area is 169 Å². The summed E-state index contributed by atoms with van der Waals surface area (Å²) in [4.78, 5) is 25.6. The van der Waals surface area contributed by atoms with Crippen molar-refractivity contribution in [1.82, 2.24) is 9.88 Å². The van der Waals surface area contributed by atoms with Gasteiger partial charge in [0, 0.05) is 22.8 Å². The van der Waals surface area contributed by atoms with Crippen LogP contribution in [-0.2, 0) is 22.5 Å². The number of hydrogen-bond donors (Lipinski definition) is 1. The standard InChI is InChI=1S/C22H24N2O3S/c1-16-13-20(17(2)24(16)14-19-9-6-12-28-19)22(26)27-15-21(25)23-11-10-18-7-4-3-5-8-18/h3-9,12-13H,10-11,14-15H2,1-2H3,(H,23,25). The molecule has 0 saturated carbocycles. The molecule has 28 heavy (non-hydrogen) atoms. The summed E-state index contributed by atoms with van der Waals surface area (Å²) in [5.41, 5.74) is 3.50. The highest BCUT2D eigenvalue weighted by atomic mass is 32.1. The van der Waals surface area contributed by atoms with Crippen molar-refractivity contribution in [1.29, 1.82) is 0 Å². The minimum absolute atomic E-state index is 0.276. The number of carbonyl (C=O) groups excluding carboxylic acids is 2. The van der Waals surface area contributed by atoms with Crippen LogP contribution in [-0.4, -0.2) is 29.6 Å². The largest absolute Gasteiger partial charge is 0.452 e. The average Bonchev–Trinajstić information content (AvgIpc) is 3.31. The Morgan fingerprint density at radius 1 is 1.11 bits per heavy atom. The van der Waals surface area contributed by atoms with Gasteiger partial charge in [-0.1, -0.05) is 36.4 Å². The highest BCUT2D eigenvalue weighted by Crippen LogP contribution is 2.20. The third-order valence-corrected chi connectivity index (χ3v) is 5.46. The van der Waals surface area contributed by atoms with E-state index in [4.69, 9.17) is 4.74 Å². The Morgan fingerprint density at radius 3 is 2.61 bits per heavy atom. The predicted octanol–water partition coefficient (Wildman–Crippen LogP) is 3.73. The lowest BCUT2D eigenvalue weighted by atomic mass is 10.1. The van der Waals surface area contributed by atoms with E-state index in [1.165, 1.54) is 4.88 Å². The first-order chi connectivity index (χ1) is 13.5. The first-order valence-electron chi connectivity index (χ1n) is 9.21. The molecule has 0 atom stereocenters. The van der Waals surface area contributed by atoms with Crippen LogP contribution in [0.25, 0.3) is 0 Å². The van der Waals surface area contributed by atoms with Crippen LogP contribution in [0.3, 0.4) is 0 Å². The van der Waals surface area contributed by atoms with Gasteiger partial charge in [0.1, 0.15) is 0 Å². The van der Waals surface area contributed by atoms with Crippen molar-refractivity contribution in [2.24, 2.45) is 0 Å². The van der Waals surface area contributed by atoms with Crippen molar-refractivity contribution >= 4 is 23.2 Å². The maximum atomic E-state index is 12.4. The molecule has 2 heterocycles. The molecular weight excluding hydrogens is 372 g/mol. The fraction of sp³-hybridized carbons (Fsp3) is 0.273. The summed E-state index contributed by atoms with van der Waals surface area (Å²) in [5.74, 6) is -0.764. The zero-order chi connectivity index (χ0) is 19.9. The van der Waals surface area contributed by atoms with E-state index in [0.29, 0.717) is 12.1 Å². The van der Waals surface area contributed by atoms with Gasteiger partial charge in [0.25, 0.3) is 5.91 Å². The van der Waals surface area contributed by atoms with Crippen molar-refractivity contribution in [2.75, 3.05) is 13.2 Å². The summed E-state index contributed by atoms with van der Waals surface area (Å²) in [6.07, 6.45) is 0.740.